The molecule has 1 aromatic heterocycles. The third-order valence-electron chi connectivity index (χ3n) is 7.30. The molecule has 2 atom stereocenters. The van der Waals surface area contributed by atoms with Crippen molar-refractivity contribution in [1.82, 2.24) is 14.9 Å². The van der Waals surface area contributed by atoms with Crippen molar-refractivity contribution in [2.75, 3.05) is 24.5 Å². The molecule has 0 radical (unpaired) electrons. The first-order valence-electron chi connectivity index (χ1n) is 10.9. The number of piperazine rings is 1. The van der Waals surface area contributed by atoms with E-state index in [0.717, 1.165) is 54.2 Å². The summed E-state index contributed by atoms with van der Waals surface area (Å²) in [6, 6.07) is 7.90. The van der Waals surface area contributed by atoms with Gasteiger partial charge in [0.25, 0.3) is 0 Å². The minimum Gasteiger partial charge on any atom is -0.465 e. The van der Waals surface area contributed by atoms with Gasteiger partial charge in [0.15, 0.2) is 0 Å². The lowest BCUT2D eigenvalue weighted by molar-refractivity contribution is 0.119. The number of fused-ring (bicyclic) bond motifs is 3. The van der Waals surface area contributed by atoms with Gasteiger partial charge in [-0.25, -0.2) is 14.8 Å². The minimum atomic E-state index is -0.992. The maximum absolute atomic E-state index is 11.6. The first-order valence-corrected chi connectivity index (χ1v) is 11.6. The molecule has 1 aliphatic heterocycles. The van der Waals surface area contributed by atoms with Gasteiger partial charge < -0.3 is 14.9 Å². The fraction of sp³-hybridized carbons (Fsp3) is 0.478. The Bertz CT molecular complexity index is 1130. The van der Waals surface area contributed by atoms with Crippen LogP contribution in [0.3, 0.4) is 0 Å². The number of hydrogen-bond acceptors (Lipinski definition) is 5. The van der Waals surface area contributed by atoms with Crippen molar-refractivity contribution in [2.24, 2.45) is 0 Å². The van der Waals surface area contributed by atoms with E-state index in [1.54, 1.807) is 0 Å². The third-order valence-corrected chi connectivity index (χ3v) is 7.82. The molecule has 3 aliphatic rings. The molecule has 1 spiro atoms. The summed E-state index contributed by atoms with van der Waals surface area (Å²) in [7, 11) is 0. The molecule has 1 saturated heterocycles. The van der Waals surface area contributed by atoms with Crippen molar-refractivity contribution in [2.45, 2.75) is 50.0 Å². The minimum absolute atomic E-state index is 0.0214. The van der Waals surface area contributed by atoms with Crippen molar-refractivity contribution < 1.29 is 9.90 Å². The van der Waals surface area contributed by atoms with Gasteiger partial charge in [-0.2, -0.15) is 5.26 Å². The number of nitriles is 1. The average Bonchev–Trinajstić information content (AvgIpc) is 3.12. The molecule has 2 aromatic rings. The Kier molecular flexibility index (Phi) is 5.39. The highest BCUT2D eigenvalue weighted by atomic mass is 35.5. The fourth-order valence-corrected chi connectivity index (χ4v) is 6.21. The highest BCUT2D eigenvalue weighted by molar-refractivity contribution is 6.31. The zero-order valence-corrected chi connectivity index (χ0v) is 19.0. The van der Waals surface area contributed by atoms with Gasteiger partial charge >= 0.3 is 6.09 Å². The molecule has 0 unspecified atom stereocenters. The second-order valence-electron chi connectivity index (χ2n) is 8.90. The molecule has 1 aromatic carbocycles. The molecule has 2 heterocycles. The van der Waals surface area contributed by atoms with Crippen molar-refractivity contribution in [3.8, 4) is 6.07 Å². The molecule has 0 bridgehead atoms. The maximum atomic E-state index is 11.6. The van der Waals surface area contributed by atoms with E-state index in [-0.39, 0.29) is 17.1 Å². The number of anilines is 1. The number of hydrogen-bond donors (Lipinski definition) is 1. The van der Waals surface area contributed by atoms with Gasteiger partial charge in [-0.05, 0) is 60.9 Å². The highest BCUT2D eigenvalue weighted by Crippen LogP contribution is 2.50. The monoisotopic (exact) mass is 471 g/mol. The van der Waals surface area contributed by atoms with Crippen LogP contribution in [0.5, 0.6) is 0 Å². The summed E-state index contributed by atoms with van der Waals surface area (Å²) in [6.07, 6.45) is 3.78. The summed E-state index contributed by atoms with van der Waals surface area (Å²) >= 11 is 12.8. The summed E-state index contributed by atoms with van der Waals surface area (Å²) < 4.78 is 0. The molecule has 9 heteroatoms. The molecule has 32 heavy (non-hydrogen) atoms. The standard InChI is InChI=1S/C23H23Cl2N5O2/c24-18-3-1-2-17-15(18)4-7-23(17)8-5-16-19(12-23)27-21(25)28-20(16)29-10-11-30(22(31)32)14(13-29)6-9-26/h1-3,14H,4-8,10-13H2,(H,31,32)/t14-,23-/m0/s1. The third kappa shape index (κ3) is 3.46. The Morgan fingerprint density at radius 2 is 2.00 bits per heavy atom. The molecule has 1 fully saturated rings. The Morgan fingerprint density at radius 3 is 2.75 bits per heavy atom. The summed E-state index contributed by atoms with van der Waals surface area (Å²) in [5.41, 5.74) is 4.66. The van der Waals surface area contributed by atoms with E-state index in [2.05, 4.69) is 27.0 Å². The van der Waals surface area contributed by atoms with Crippen LogP contribution in [-0.4, -0.2) is 51.7 Å². The Morgan fingerprint density at radius 1 is 1.22 bits per heavy atom. The predicted octanol–water partition coefficient (Wildman–Crippen LogP) is 4.24. The summed E-state index contributed by atoms with van der Waals surface area (Å²) in [5, 5.41) is 19.7. The number of rotatable bonds is 2. The van der Waals surface area contributed by atoms with E-state index >= 15 is 0 Å². The fourth-order valence-electron chi connectivity index (χ4n) is 5.76. The van der Waals surface area contributed by atoms with Crippen LogP contribution >= 0.6 is 23.2 Å². The highest BCUT2D eigenvalue weighted by Gasteiger charge is 2.44. The van der Waals surface area contributed by atoms with E-state index in [9.17, 15) is 15.2 Å². The molecular weight excluding hydrogens is 449 g/mol. The molecule has 166 valence electrons. The second-order valence-corrected chi connectivity index (χ2v) is 9.65. The van der Waals surface area contributed by atoms with E-state index in [1.165, 1.54) is 16.0 Å². The Labute approximate surface area is 196 Å². The van der Waals surface area contributed by atoms with Gasteiger partial charge in [0.1, 0.15) is 5.82 Å². The van der Waals surface area contributed by atoms with Crippen molar-refractivity contribution >= 4 is 35.1 Å². The zero-order valence-electron chi connectivity index (χ0n) is 17.5. The van der Waals surface area contributed by atoms with E-state index in [1.807, 2.05) is 12.1 Å². The number of amides is 1. The topological polar surface area (TPSA) is 93.4 Å². The molecule has 2 aliphatic carbocycles. The van der Waals surface area contributed by atoms with Crippen LogP contribution < -0.4 is 4.90 Å². The number of aromatic nitrogens is 2. The second kappa shape index (κ2) is 8.09. The largest absolute Gasteiger partial charge is 0.465 e. The first kappa shape index (κ1) is 21.3. The number of carboxylic acid groups (broad SMARTS) is 1. The van der Waals surface area contributed by atoms with Gasteiger partial charge in [0, 0.05) is 35.6 Å². The maximum Gasteiger partial charge on any atom is 0.407 e. The van der Waals surface area contributed by atoms with Crippen LogP contribution in [0.4, 0.5) is 10.6 Å². The van der Waals surface area contributed by atoms with Gasteiger partial charge in [0.2, 0.25) is 5.28 Å². The lowest BCUT2D eigenvalue weighted by Crippen LogP contribution is -2.55. The van der Waals surface area contributed by atoms with Gasteiger partial charge in [0.05, 0.1) is 24.2 Å². The van der Waals surface area contributed by atoms with E-state index in [4.69, 9.17) is 23.2 Å². The van der Waals surface area contributed by atoms with Crippen molar-refractivity contribution in [3.05, 3.63) is 50.9 Å². The molecular formula is C23H23Cl2N5O2. The van der Waals surface area contributed by atoms with Crippen LogP contribution in [0.25, 0.3) is 0 Å². The first-order chi connectivity index (χ1) is 15.4. The lowest BCUT2D eigenvalue weighted by Gasteiger charge is -2.42. The number of carbonyl (C=O) groups is 1. The SMILES string of the molecule is N#CC[C@H]1CN(c2nc(Cl)nc3c2CC[C@@]2(CCc4c(Cl)cccc42)C3)CCN1C(=O)O. The number of nitrogens with zero attached hydrogens (tertiary/aromatic N) is 5. The van der Waals surface area contributed by atoms with Crippen molar-refractivity contribution in [3.63, 3.8) is 0 Å². The predicted molar refractivity (Wildman–Crippen MR) is 121 cm³/mol. The van der Waals surface area contributed by atoms with Crippen LogP contribution in [0.1, 0.15) is 41.6 Å². The molecule has 7 nitrogen and oxygen atoms in total. The van der Waals surface area contributed by atoms with Gasteiger partial charge in [-0.1, -0.05) is 23.7 Å². The average molecular weight is 472 g/mol. The molecule has 1 N–H and O–H groups in total. The van der Waals surface area contributed by atoms with E-state index < -0.39 is 12.1 Å². The van der Waals surface area contributed by atoms with Crippen LogP contribution in [-0.2, 0) is 24.7 Å². The Hall–Kier alpha value is -2.56. The Balaban J connectivity index is 1.48. The van der Waals surface area contributed by atoms with Gasteiger partial charge in [-0.3, -0.25) is 0 Å². The number of halogens is 2. The summed E-state index contributed by atoms with van der Waals surface area (Å²) in [6.45, 7) is 1.26. The molecule has 5 rings (SSSR count). The van der Waals surface area contributed by atoms with Gasteiger partial charge in [-0.15, -0.1) is 0 Å². The lowest BCUT2D eigenvalue weighted by atomic mass is 9.69. The van der Waals surface area contributed by atoms with Crippen LogP contribution in [0.2, 0.25) is 10.3 Å². The van der Waals surface area contributed by atoms with Crippen LogP contribution in [0.15, 0.2) is 18.2 Å². The summed E-state index contributed by atoms with van der Waals surface area (Å²) in [5.74, 6) is 0.784. The smallest absolute Gasteiger partial charge is 0.407 e. The van der Waals surface area contributed by atoms with Crippen molar-refractivity contribution in [1.29, 1.82) is 5.26 Å². The molecule has 0 saturated carbocycles. The number of benzene rings is 1. The normalized spacial score (nSPS) is 24.2. The van der Waals surface area contributed by atoms with Crippen LogP contribution in [0, 0.1) is 11.3 Å². The zero-order chi connectivity index (χ0) is 22.5. The quantitative estimate of drug-likeness (QED) is 0.658. The molecule has 1 amide bonds. The van der Waals surface area contributed by atoms with E-state index in [0.29, 0.717) is 19.6 Å². The summed E-state index contributed by atoms with van der Waals surface area (Å²) in [4.78, 5) is 24.2.